The summed E-state index contributed by atoms with van der Waals surface area (Å²) in [5, 5.41) is 0. The molecule has 0 heterocycles. The van der Waals surface area contributed by atoms with Crippen molar-refractivity contribution < 1.29 is 19.1 Å². The van der Waals surface area contributed by atoms with Crippen molar-refractivity contribution in [2.45, 2.75) is 13.3 Å². The third kappa shape index (κ3) is 1.79. The van der Waals surface area contributed by atoms with Crippen molar-refractivity contribution in [3.05, 3.63) is 46.5 Å². The first-order valence-corrected chi connectivity index (χ1v) is 5.59. The molecule has 0 aromatic rings. The molecule has 0 N–H and O–H groups in total. The van der Waals surface area contributed by atoms with Crippen LogP contribution in [0.2, 0.25) is 0 Å². The van der Waals surface area contributed by atoms with Gasteiger partial charge < -0.3 is 9.47 Å². The van der Waals surface area contributed by atoms with E-state index >= 15 is 0 Å². The molecular formula is C14H14O4. The summed E-state index contributed by atoms with van der Waals surface area (Å²) >= 11 is 0. The van der Waals surface area contributed by atoms with Gasteiger partial charge >= 0.3 is 0 Å². The van der Waals surface area contributed by atoms with E-state index in [-0.39, 0.29) is 23.1 Å². The number of hydrogen-bond donors (Lipinski definition) is 0. The van der Waals surface area contributed by atoms with Gasteiger partial charge in [0.05, 0.1) is 14.2 Å². The van der Waals surface area contributed by atoms with Gasteiger partial charge in [-0.15, -0.1) is 0 Å². The van der Waals surface area contributed by atoms with Crippen molar-refractivity contribution in [1.29, 1.82) is 0 Å². The Balaban J connectivity index is 2.55. The van der Waals surface area contributed by atoms with E-state index in [2.05, 4.69) is 0 Å². The van der Waals surface area contributed by atoms with Crippen molar-refractivity contribution in [2.75, 3.05) is 14.2 Å². The van der Waals surface area contributed by atoms with Gasteiger partial charge in [-0.2, -0.15) is 0 Å². The zero-order chi connectivity index (χ0) is 13.3. The number of rotatable bonds is 2. The van der Waals surface area contributed by atoms with Crippen molar-refractivity contribution in [3.63, 3.8) is 0 Å². The molecular weight excluding hydrogens is 232 g/mol. The highest BCUT2D eigenvalue weighted by Crippen LogP contribution is 2.30. The molecule has 2 rings (SSSR count). The lowest BCUT2D eigenvalue weighted by atomic mass is 9.90. The molecule has 0 unspecified atom stereocenters. The number of Topliss-reactive ketones (excluding diaryl/α,β-unsaturated/α-hetero) is 2. The van der Waals surface area contributed by atoms with E-state index in [1.165, 1.54) is 14.2 Å². The minimum absolute atomic E-state index is 0.0115. The van der Waals surface area contributed by atoms with E-state index < -0.39 is 0 Å². The molecule has 0 fully saturated rings. The van der Waals surface area contributed by atoms with Crippen LogP contribution in [0.1, 0.15) is 13.3 Å². The lowest BCUT2D eigenvalue weighted by molar-refractivity contribution is -0.121. The van der Waals surface area contributed by atoms with Gasteiger partial charge in [0.15, 0.2) is 0 Å². The molecule has 0 atom stereocenters. The molecule has 2 aliphatic rings. The summed E-state index contributed by atoms with van der Waals surface area (Å²) in [5.41, 5.74) is 1.87. The standard InChI is InChI=1S/C14H14O4/c1-8-4-6-9-10(7-5-8)12(16)14(18-3)13(17-2)11(9)15/h4-6H,7H2,1-3H3. The van der Waals surface area contributed by atoms with Crippen molar-refractivity contribution in [2.24, 2.45) is 0 Å². The highest BCUT2D eigenvalue weighted by atomic mass is 16.5. The predicted octanol–water partition coefficient (Wildman–Crippen LogP) is 1.85. The predicted molar refractivity (Wildman–Crippen MR) is 65.6 cm³/mol. The summed E-state index contributed by atoms with van der Waals surface area (Å²) in [5.74, 6) is -0.615. The summed E-state index contributed by atoms with van der Waals surface area (Å²) < 4.78 is 9.99. The molecule has 0 radical (unpaired) electrons. The smallest absolute Gasteiger partial charge is 0.232 e. The van der Waals surface area contributed by atoms with E-state index in [1.807, 2.05) is 19.1 Å². The fraction of sp³-hybridized carbons (Fsp3) is 0.286. The summed E-state index contributed by atoms with van der Waals surface area (Å²) in [6.45, 7) is 1.92. The van der Waals surface area contributed by atoms with Crippen LogP contribution in [0.25, 0.3) is 0 Å². The van der Waals surface area contributed by atoms with E-state index in [9.17, 15) is 9.59 Å². The maximum Gasteiger partial charge on any atom is 0.232 e. The van der Waals surface area contributed by atoms with E-state index in [4.69, 9.17) is 9.47 Å². The van der Waals surface area contributed by atoms with Crippen LogP contribution >= 0.6 is 0 Å². The fourth-order valence-electron chi connectivity index (χ4n) is 2.02. The van der Waals surface area contributed by atoms with Gasteiger partial charge in [0, 0.05) is 11.1 Å². The lowest BCUT2D eigenvalue weighted by Crippen LogP contribution is -2.25. The maximum absolute atomic E-state index is 12.2. The highest BCUT2D eigenvalue weighted by molar-refractivity contribution is 6.24. The Morgan fingerprint density at radius 1 is 1.00 bits per heavy atom. The van der Waals surface area contributed by atoms with Crippen molar-refractivity contribution in [3.8, 4) is 0 Å². The van der Waals surface area contributed by atoms with Crippen LogP contribution in [0, 0.1) is 0 Å². The van der Waals surface area contributed by atoms with Gasteiger partial charge in [0.25, 0.3) is 0 Å². The maximum atomic E-state index is 12.2. The van der Waals surface area contributed by atoms with Gasteiger partial charge in [0.1, 0.15) is 0 Å². The molecule has 0 aromatic heterocycles. The molecule has 18 heavy (non-hydrogen) atoms. The van der Waals surface area contributed by atoms with Crippen LogP contribution in [0.5, 0.6) is 0 Å². The van der Waals surface area contributed by atoms with E-state index in [0.29, 0.717) is 17.6 Å². The molecule has 4 nitrogen and oxygen atoms in total. The Bertz CT molecular complexity index is 544. The molecule has 0 bridgehead atoms. The highest BCUT2D eigenvalue weighted by Gasteiger charge is 2.35. The number of carbonyl (C=O) groups is 2. The van der Waals surface area contributed by atoms with Crippen LogP contribution in [-0.2, 0) is 19.1 Å². The first kappa shape index (κ1) is 12.4. The second-order valence-corrected chi connectivity index (χ2v) is 4.10. The van der Waals surface area contributed by atoms with Crippen LogP contribution < -0.4 is 0 Å². The average Bonchev–Trinajstić information content (AvgIpc) is 2.56. The largest absolute Gasteiger partial charge is 0.489 e. The third-order valence-electron chi connectivity index (χ3n) is 3.01. The summed E-state index contributed by atoms with van der Waals surface area (Å²) in [7, 11) is 2.72. The summed E-state index contributed by atoms with van der Waals surface area (Å²) in [6.07, 6.45) is 5.83. The Morgan fingerprint density at radius 2 is 1.61 bits per heavy atom. The number of carbonyl (C=O) groups excluding carboxylic acids is 2. The van der Waals surface area contributed by atoms with Crippen LogP contribution in [0.4, 0.5) is 0 Å². The van der Waals surface area contributed by atoms with E-state index in [0.717, 1.165) is 5.57 Å². The molecule has 2 aliphatic carbocycles. The number of methoxy groups -OCH3 is 2. The molecule has 0 aliphatic heterocycles. The molecule has 0 amide bonds. The second kappa shape index (κ2) is 4.64. The SMILES string of the molecule is COC1=C(OC)C(=O)C2=C(C=CC(C)=CC2)C1=O. The van der Waals surface area contributed by atoms with Gasteiger partial charge in [-0.1, -0.05) is 23.8 Å². The minimum Gasteiger partial charge on any atom is -0.489 e. The first-order chi connectivity index (χ1) is 8.60. The monoisotopic (exact) mass is 246 g/mol. The summed E-state index contributed by atoms with van der Waals surface area (Å²) in [6, 6.07) is 0. The minimum atomic E-state index is -0.302. The number of ether oxygens (including phenoxy) is 2. The molecule has 94 valence electrons. The zero-order valence-corrected chi connectivity index (χ0v) is 10.6. The molecule has 4 heteroatoms. The fourth-order valence-corrected chi connectivity index (χ4v) is 2.02. The Labute approximate surface area is 105 Å². The molecule has 0 saturated carbocycles. The average molecular weight is 246 g/mol. The topological polar surface area (TPSA) is 52.6 Å². The Hall–Kier alpha value is -2.10. The van der Waals surface area contributed by atoms with Gasteiger partial charge in [-0.25, -0.2) is 0 Å². The van der Waals surface area contributed by atoms with Gasteiger partial charge in [-0.05, 0) is 13.3 Å². The normalized spacial score (nSPS) is 19.6. The van der Waals surface area contributed by atoms with Crippen LogP contribution in [0.15, 0.2) is 46.5 Å². The van der Waals surface area contributed by atoms with Crippen LogP contribution in [0.3, 0.4) is 0 Å². The first-order valence-electron chi connectivity index (χ1n) is 5.59. The molecule has 0 aromatic carbocycles. The number of ketones is 2. The third-order valence-corrected chi connectivity index (χ3v) is 3.01. The van der Waals surface area contributed by atoms with Crippen molar-refractivity contribution in [1.82, 2.24) is 0 Å². The summed E-state index contributed by atoms with van der Waals surface area (Å²) in [4.78, 5) is 24.4. The zero-order valence-electron chi connectivity index (χ0n) is 10.6. The van der Waals surface area contributed by atoms with E-state index in [1.54, 1.807) is 6.08 Å². The van der Waals surface area contributed by atoms with Gasteiger partial charge in [-0.3, -0.25) is 9.59 Å². The van der Waals surface area contributed by atoms with Gasteiger partial charge in [0.2, 0.25) is 23.1 Å². The Morgan fingerprint density at radius 3 is 2.22 bits per heavy atom. The number of hydrogen-bond acceptors (Lipinski definition) is 4. The number of allylic oxidation sites excluding steroid dienone is 6. The lowest BCUT2D eigenvalue weighted by Gasteiger charge is -2.19. The second-order valence-electron chi connectivity index (χ2n) is 4.10. The van der Waals surface area contributed by atoms with Crippen molar-refractivity contribution >= 4 is 11.6 Å². The van der Waals surface area contributed by atoms with Crippen LogP contribution in [-0.4, -0.2) is 25.8 Å². The molecule has 0 saturated heterocycles. The molecule has 0 spiro atoms. The Kier molecular flexibility index (Phi) is 3.19. The quantitative estimate of drug-likeness (QED) is 0.698.